The summed E-state index contributed by atoms with van der Waals surface area (Å²) in [6.07, 6.45) is 6.15. The number of hydrogen-bond acceptors (Lipinski definition) is 6. The minimum absolute atomic E-state index is 0.147. The number of fused-ring (bicyclic) bond motifs is 1. The Morgan fingerprint density at radius 3 is 2.84 bits per heavy atom. The summed E-state index contributed by atoms with van der Waals surface area (Å²) in [5.74, 6) is -0.427. The number of hydrazone groups is 1. The number of nitrogens with zero attached hydrogens (tertiary/aromatic N) is 2. The molecular formula is C23H25N3O3S2. The van der Waals surface area contributed by atoms with Crippen molar-refractivity contribution in [2.24, 2.45) is 5.10 Å². The molecule has 1 aliphatic carbocycles. The van der Waals surface area contributed by atoms with Gasteiger partial charge in [0.1, 0.15) is 5.00 Å². The van der Waals surface area contributed by atoms with Gasteiger partial charge < -0.3 is 9.30 Å². The normalized spacial score (nSPS) is 13.4. The summed E-state index contributed by atoms with van der Waals surface area (Å²) in [6, 6.07) is 5.88. The van der Waals surface area contributed by atoms with E-state index < -0.39 is 0 Å². The molecule has 0 aromatic carbocycles. The Labute approximate surface area is 189 Å². The van der Waals surface area contributed by atoms with Gasteiger partial charge in [-0.2, -0.15) is 5.10 Å². The van der Waals surface area contributed by atoms with Crippen LogP contribution in [0.1, 0.15) is 55.5 Å². The van der Waals surface area contributed by atoms with Crippen LogP contribution in [0.15, 0.2) is 28.7 Å². The van der Waals surface area contributed by atoms with Crippen LogP contribution in [0.5, 0.6) is 0 Å². The van der Waals surface area contributed by atoms with Crippen LogP contribution in [0.25, 0.3) is 5.00 Å². The van der Waals surface area contributed by atoms with Gasteiger partial charge in [0.05, 0.1) is 25.3 Å². The van der Waals surface area contributed by atoms with Gasteiger partial charge in [-0.25, -0.2) is 10.2 Å². The number of amides is 1. The molecule has 4 rings (SSSR count). The Balaban J connectivity index is 1.61. The third-order valence-electron chi connectivity index (χ3n) is 5.52. The molecule has 0 unspecified atom stereocenters. The standard InChI is InChI=1S/C23H25N3O3S2/c1-14-11-16(13-24-25-20(27)12-17-7-6-10-30-17)15(2)26(14)22-21(23(28)29-3)18-8-4-5-9-19(18)31-22/h6-7,10-11,13H,4-5,8-9,12H2,1-3H3,(H,25,27)/b24-13-. The average Bonchev–Trinajstić information content (AvgIpc) is 3.45. The van der Waals surface area contributed by atoms with Crippen LogP contribution in [-0.2, 0) is 28.8 Å². The number of carbonyl (C=O) groups excluding carboxylic acids is 2. The van der Waals surface area contributed by atoms with Crippen molar-refractivity contribution in [2.45, 2.75) is 46.0 Å². The topological polar surface area (TPSA) is 72.7 Å². The highest BCUT2D eigenvalue weighted by molar-refractivity contribution is 7.15. The van der Waals surface area contributed by atoms with Crippen molar-refractivity contribution in [3.63, 3.8) is 0 Å². The number of thiophene rings is 2. The molecule has 162 valence electrons. The second kappa shape index (κ2) is 9.20. The average molecular weight is 456 g/mol. The lowest BCUT2D eigenvalue weighted by Crippen LogP contribution is -2.19. The van der Waals surface area contributed by atoms with E-state index in [2.05, 4.69) is 15.1 Å². The Morgan fingerprint density at radius 2 is 2.10 bits per heavy atom. The van der Waals surface area contributed by atoms with E-state index in [0.29, 0.717) is 12.0 Å². The summed E-state index contributed by atoms with van der Waals surface area (Å²) in [6.45, 7) is 4.01. The lowest BCUT2D eigenvalue weighted by atomic mass is 9.95. The molecule has 1 aliphatic rings. The van der Waals surface area contributed by atoms with Gasteiger partial charge in [0.15, 0.2) is 0 Å². The molecular weight excluding hydrogens is 430 g/mol. The number of hydrogen-bond donors (Lipinski definition) is 1. The molecule has 0 fully saturated rings. The fourth-order valence-corrected chi connectivity index (χ4v) is 6.23. The molecule has 0 saturated carbocycles. The number of aryl methyl sites for hydroxylation is 2. The van der Waals surface area contributed by atoms with Gasteiger partial charge in [-0.1, -0.05) is 6.07 Å². The van der Waals surface area contributed by atoms with Gasteiger partial charge in [-0.3, -0.25) is 4.79 Å². The zero-order chi connectivity index (χ0) is 22.0. The van der Waals surface area contributed by atoms with E-state index in [1.807, 2.05) is 37.4 Å². The Kier molecular flexibility index (Phi) is 6.38. The van der Waals surface area contributed by atoms with Crippen molar-refractivity contribution in [1.82, 2.24) is 9.99 Å². The smallest absolute Gasteiger partial charge is 0.341 e. The predicted octanol–water partition coefficient (Wildman–Crippen LogP) is 4.58. The van der Waals surface area contributed by atoms with E-state index in [4.69, 9.17) is 4.74 Å². The zero-order valence-electron chi connectivity index (χ0n) is 17.9. The van der Waals surface area contributed by atoms with Crippen molar-refractivity contribution in [3.8, 4) is 5.00 Å². The minimum atomic E-state index is -0.280. The van der Waals surface area contributed by atoms with E-state index in [1.54, 1.807) is 28.9 Å². The quantitative estimate of drug-likeness (QED) is 0.336. The third-order valence-corrected chi connectivity index (χ3v) is 7.68. The molecule has 0 radical (unpaired) electrons. The molecule has 0 atom stereocenters. The Hall–Kier alpha value is -2.71. The first kappa shape index (κ1) is 21.5. The van der Waals surface area contributed by atoms with Crippen molar-refractivity contribution in [2.75, 3.05) is 7.11 Å². The third kappa shape index (κ3) is 4.36. The molecule has 3 aromatic rings. The fraction of sp³-hybridized carbons (Fsp3) is 0.348. The maximum Gasteiger partial charge on any atom is 0.341 e. The summed E-state index contributed by atoms with van der Waals surface area (Å²) in [4.78, 5) is 27.0. The first-order chi connectivity index (χ1) is 15.0. The van der Waals surface area contributed by atoms with Gasteiger partial charge >= 0.3 is 5.97 Å². The first-order valence-electron chi connectivity index (χ1n) is 10.3. The zero-order valence-corrected chi connectivity index (χ0v) is 19.5. The number of aromatic nitrogens is 1. The van der Waals surface area contributed by atoms with Crippen LogP contribution in [-0.4, -0.2) is 29.8 Å². The molecule has 31 heavy (non-hydrogen) atoms. The molecule has 3 heterocycles. The number of carbonyl (C=O) groups is 2. The highest BCUT2D eigenvalue weighted by Crippen LogP contribution is 2.38. The molecule has 3 aromatic heterocycles. The maximum absolute atomic E-state index is 12.6. The number of esters is 1. The van der Waals surface area contributed by atoms with Crippen molar-refractivity contribution in [1.29, 1.82) is 0 Å². The fourth-order valence-electron chi connectivity index (χ4n) is 4.04. The van der Waals surface area contributed by atoms with E-state index in [-0.39, 0.29) is 11.9 Å². The first-order valence-corrected chi connectivity index (χ1v) is 12.0. The van der Waals surface area contributed by atoms with Crippen molar-refractivity contribution < 1.29 is 14.3 Å². The molecule has 1 N–H and O–H groups in total. The summed E-state index contributed by atoms with van der Waals surface area (Å²) < 4.78 is 7.23. The van der Waals surface area contributed by atoms with E-state index >= 15 is 0 Å². The number of nitrogens with one attached hydrogen (secondary N) is 1. The Bertz CT molecular complexity index is 1140. The molecule has 0 aliphatic heterocycles. The van der Waals surface area contributed by atoms with Crippen LogP contribution < -0.4 is 5.43 Å². The molecule has 6 nitrogen and oxygen atoms in total. The molecule has 0 saturated heterocycles. The van der Waals surface area contributed by atoms with Gasteiger partial charge in [0, 0.05) is 26.7 Å². The lowest BCUT2D eigenvalue weighted by molar-refractivity contribution is -0.120. The number of rotatable bonds is 6. The summed E-state index contributed by atoms with van der Waals surface area (Å²) >= 11 is 3.23. The van der Waals surface area contributed by atoms with Gasteiger partial charge in [-0.05, 0) is 62.6 Å². The van der Waals surface area contributed by atoms with Crippen molar-refractivity contribution in [3.05, 3.63) is 61.4 Å². The second-order valence-electron chi connectivity index (χ2n) is 7.59. The number of ether oxygens (including phenoxy) is 1. The van der Waals surface area contributed by atoms with Gasteiger partial charge in [-0.15, -0.1) is 22.7 Å². The largest absolute Gasteiger partial charge is 0.465 e. The maximum atomic E-state index is 12.6. The predicted molar refractivity (Wildman–Crippen MR) is 125 cm³/mol. The highest BCUT2D eigenvalue weighted by atomic mass is 32.1. The second-order valence-corrected chi connectivity index (χ2v) is 9.71. The van der Waals surface area contributed by atoms with Crippen LogP contribution >= 0.6 is 22.7 Å². The van der Waals surface area contributed by atoms with E-state index in [9.17, 15) is 9.59 Å². The van der Waals surface area contributed by atoms with Gasteiger partial charge in [0.2, 0.25) is 5.91 Å². The molecule has 0 bridgehead atoms. The summed E-state index contributed by atoms with van der Waals surface area (Å²) in [5, 5.41) is 7.01. The molecule has 1 amide bonds. The monoisotopic (exact) mass is 455 g/mol. The summed E-state index contributed by atoms with van der Waals surface area (Å²) in [5.41, 5.74) is 7.31. The van der Waals surface area contributed by atoms with Crippen LogP contribution in [0, 0.1) is 13.8 Å². The minimum Gasteiger partial charge on any atom is -0.465 e. The lowest BCUT2D eigenvalue weighted by Gasteiger charge is -2.12. The summed E-state index contributed by atoms with van der Waals surface area (Å²) in [7, 11) is 1.44. The van der Waals surface area contributed by atoms with E-state index in [1.165, 1.54) is 12.0 Å². The Morgan fingerprint density at radius 1 is 1.29 bits per heavy atom. The SMILES string of the molecule is COC(=O)c1c(-n2c(C)cc(/C=N\NC(=O)Cc3cccs3)c2C)sc2c1CCCC2. The van der Waals surface area contributed by atoms with Gasteiger partial charge in [0.25, 0.3) is 0 Å². The molecule has 8 heteroatoms. The highest BCUT2D eigenvalue weighted by Gasteiger charge is 2.28. The molecule has 0 spiro atoms. The number of methoxy groups -OCH3 is 1. The van der Waals surface area contributed by atoms with Crippen LogP contribution in [0.3, 0.4) is 0 Å². The van der Waals surface area contributed by atoms with E-state index in [0.717, 1.165) is 58.1 Å². The van der Waals surface area contributed by atoms with Crippen LogP contribution in [0.4, 0.5) is 0 Å². The van der Waals surface area contributed by atoms with Crippen LogP contribution in [0.2, 0.25) is 0 Å². The van der Waals surface area contributed by atoms with Crippen molar-refractivity contribution >= 4 is 40.8 Å².